The fourth-order valence-corrected chi connectivity index (χ4v) is 2.69. The largest absolute Gasteiger partial charge is 0.331 e. The average molecular weight is 365 g/mol. The molecule has 108 valence electrons. The number of benzene rings is 2. The van der Waals surface area contributed by atoms with Crippen LogP contribution in [0.2, 0.25) is 5.02 Å². The van der Waals surface area contributed by atoms with Crippen molar-refractivity contribution in [2.24, 2.45) is 0 Å². The molecule has 1 amide bonds. The zero-order valence-corrected chi connectivity index (χ0v) is 13.8. The second-order valence-electron chi connectivity index (χ2n) is 5.30. The fraction of sp³-hybridized carbons (Fsp3) is 0.235. The lowest BCUT2D eigenvalue weighted by molar-refractivity contribution is 0.0730. The predicted molar refractivity (Wildman–Crippen MR) is 88.5 cm³/mol. The van der Waals surface area contributed by atoms with Crippen LogP contribution in [0.1, 0.15) is 28.8 Å². The van der Waals surface area contributed by atoms with Crippen molar-refractivity contribution < 1.29 is 4.79 Å². The van der Waals surface area contributed by atoms with Gasteiger partial charge in [-0.2, -0.15) is 0 Å². The molecule has 0 atom stereocenters. The Balaban J connectivity index is 1.79. The van der Waals surface area contributed by atoms with E-state index in [1.165, 1.54) is 0 Å². The van der Waals surface area contributed by atoms with Gasteiger partial charge in [-0.1, -0.05) is 39.7 Å². The van der Waals surface area contributed by atoms with Crippen molar-refractivity contribution in [2.75, 3.05) is 0 Å². The number of nitrogens with zero attached hydrogens (tertiary/aromatic N) is 1. The number of halogens is 2. The van der Waals surface area contributed by atoms with Crippen molar-refractivity contribution in [3.05, 3.63) is 69.2 Å². The van der Waals surface area contributed by atoms with Crippen molar-refractivity contribution in [2.45, 2.75) is 25.4 Å². The predicted octanol–water partition coefficient (Wildman–Crippen LogP) is 4.91. The first-order valence-electron chi connectivity index (χ1n) is 6.94. The van der Waals surface area contributed by atoms with Crippen molar-refractivity contribution >= 4 is 33.4 Å². The summed E-state index contributed by atoms with van der Waals surface area (Å²) in [6.07, 6.45) is 2.19. The Hall–Kier alpha value is -1.32. The van der Waals surface area contributed by atoms with E-state index < -0.39 is 0 Å². The lowest BCUT2D eigenvalue weighted by Gasteiger charge is -2.22. The molecule has 1 aliphatic rings. The Morgan fingerprint density at radius 2 is 1.71 bits per heavy atom. The lowest BCUT2D eigenvalue weighted by Crippen LogP contribution is -2.32. The van der Waals surface area contributed by atoms with Gasteiger partial charge in [-0.15, -0.1) is 0 Å². The van der Waals surface area contributed by atoms with Crippen LogP contribution < -0.4 is 0 Å². The van der Waals surface area contributed by atoms with Crippen LogP contribution in [-0.2, 0) is 6.54 Å². The quantitative estimate of drug-likeness (QED) is 0.755. The number of rotatable bonds is 4. The molecule has 0 N–H and O–H groups in total. The molecule has 21 heavy (non-hydrogen) atoms. The van der Waals surface area contributed by atoms with E-state index in [9.17, 15) is 4.79 Å². The van der Waals surface area contributed by atoms with Gasteiger partial charge in [0, 0.05) is 27.6 Å². The summed E-state index contributed by atoms with van der Waals surface area (Å²) >= 11 is 9.31. The maximum atomic E-state index is 12.7. The molecule has 0 radical (unpaired) electrons. The minimum absolute atomic E-state index is 0.0972. The molecule has 0 unspecified atom stereocenters. The van der Waals surface area contributed by atoms with Crippen molar-refractivity contribution in [3.63, 3.8) is 0 Å². The van der Waals surface area contributed by atoms with Gasteiger partial charge in [-0.05, 0) is 54.8 Å². The van der Waals surface area contributed by atoms with Crippen LogP contribution in [0.5, 0.6) is 0 Å². The summed E-state index contributed by atoms with van der Waals surface area (Å²) < 4.78 is 0.981. The zero-order valence-electron chi connectivity index (χ0n) is 11.4. The van der Waals surface area contributed by atoms with Crippen LogP contribution >= 0.6 is 27.5 Å². The molecule has 2 nitrogen and oxygen atoms in total. The Kier molecular flexibility index (Phi) is 4.32. The second-order valence-corrected chi connectivity index (χ2v) is 6.65. The third-order valence-electron chi connectivity index (χ3n) is 3.61. The number of carbonyl (C=O) groups is 1. The molecule has 0 spiro atoms. The maximum Gasteiger partial charge on any atom is 0.254 e. The van der Waals surface area contributed by atoms with Crippen LogP contribution in [0, 0.1) is 0 Å². The third kappa shape index (κ3) is 3.66. The van der Waals surface area contributed by atoms with Crippen LogP contribution in [0.15, 0.2) is 53.0 Å². The van der Waals surface area contributed by atoms with Crippen molar-refractivity contribution in [1.29, 1.82) is 0 Å². The molecule has 2 aromatic carbocycles. The standard InChI is InChI=1S/C17H15BrClNO/c18-14-5-3-13(4-6-14)17(21)20(16-9-10-16)11-12-1-7-15(19)8-2-12/h1-8,16H,9-11H2. The highest BCUT2D eigenvalue weighted by Crippen LogP contribution is 2.30. The summed E-state index contributed by atoms with van der Waals surface area (Å²) in [5.74, 6) is 0.0972. The molecule has 1 fully saturated rings. The molecule has 2 aromatic rings. The summed E-state index contributed by atoms with van der Waals surface area (Å²) in [6.45, 7) is 0.636. The van der Waals surface area contributed by atoms with E-state index in [-0.39, 0.29) is 5.91 Å². The summed E-state index contributed by atoms with van der Waals surface area (Å²) in [4.78, 5) is 14.7. The second kappa shape index (κ2) is 6.20. The van der Waals surface area contributed by atoms with Crippen molar-refractivity contribution in [3.8, 4) is 0 Å². The summed E-state index contributed by atoms with van der Waals surface area (Å²) in [5.41, 5.74) is 1.84. The molecule has 0 aromatic heterocycles. The Morgan fingerprint density at radius 3 is 2.29 bits per heavy atom. The molecule has 1 aliphatic carbocycles. The summed E-state index contributed by atoms with van der Waals surface area (Å²) in [7, 11) is 0. The third-order valence-corrected chi connectivity index (χ3v) is 4.39. The monoisotopic (exact) mass is 363 g/mol. The van der Waals surface area contributed by atoms with Crippen LogP contribution in [0.4, 0.5) is 0 Å². The van der Waals surface area contributed by atoms with E-state index >= 15 is 0 Å². The first-order valence-corrected chi connectivity index (χ1v) is 8.11. The fourth-order valence-electron chi connectivity index (χ4n) is 2.30. The van der Waals surface area contributed by atoms with Gasteiger partial charge in [-0.3, -0.25) is 4.79 Å². The van der Waals surface area contributed by atoms with E-state index in [2.05, 4.69) is 15.9 Å². The molecule has 0 saturated heterocycles. The van der Waals surface area contributed by atoms with E-state index in [1.54, 1.807) is 0 Å². The molecule has 3 rings (SSSR count). The van der Waals surface area contributed by atoms with Crippen LogP contribution in [0.25, 0.3) is 0 Å². The van der Waals surface area contributed by atoms with Crippen LogP contribution in [0.3, 0.4) is 0 Å². The summed E-state index contributed by atoms with van der Waals surface area (Å²) in [6, 6.07) is 15.6. The minimum Gasteiger partial charge on any atom is -0.331 e. The van der Waals surface area contributed by atoms with E-state index in [0.29, 0.717) is 12.6 Å². The molecule has 4 heteroatoms. The molecular weight excluding hydrogens is 350 g/mol. The van der Waals surface area contributed by atoms with E-state index in [0.717, 1.165) is 33.5 Å². The van der Waals surface area contributed by atoms with Crippen molar-refractivity contribution in [1.82, 2.24) is 4.90 Å². The molecule has 0 aliphatic heterocycles. The highest BCUT2D eigenvalue weighted by molar-refractivity contribution is 9.10. The van der Waals surface area contributed by atoms with Gasteiger partial charge in [0.15, 0.2) is 0 Å². The topological polar surface area (TPSA) is 20.3 Å². The Labute approximate surface area is 137 Å². The van der Waals surface area contributed by atoms with Gasteiger partial charge in [-0.25, -0.2) is 0 Å². The van der Waals surface area contributed by atoms with E-state index in [4.69, 9.17) is 11.6 Å². The maximum absolute atomic E-state index is 12.7. The van der Waals surface area contributed by atoms with Gasteiger partial charge in [0.25, 0.3) is 5.91 Å². The van der Waals surface area contributed by atoms with Gasteiger partial charge in [0.1, 0.15) is 0 Å². The highest BCUT2D eigenvalue weighted by Gasteiger charge is 2.32. The van der Waals surface area contributed by atoms with E-state index in [1.807, 2.05) is 53.4 Å². The SMILES string of the molecule is O=C(c1ccc(Br)cc1)N(Cc1ccc(Cl)cc1)C1CC1. The molecular formula is C17H15BrClNO. The van der Waals surface area contributed by atoms with Gasteiger partial charge < -0.3 is 4.90 Å². The molecule has 0 bridgehead atoms. The minimum atomic E-state index is 0.0972. The average Bonchev–Trinajstić information content (AvgIpc) is 3.31. The first-order chi connectivity index (χ1) is 10.1. The first kappa shape index (κ1) is 14.6. The smallest absolute Gasteiger partial charge is 0.254 e. The Morgan fingerprint density at radius 1 is 1.10 bits per heavy atom. The van der Waals surface area contributed by atoms with Gasteiger partial charge in [0.05, 0.1) is 0 Å². The normalized spacial score (nSPS) is 14.0. The Bertz CT molecular complexity index is 635. The number of carbonyl (C=O) groups excluding carboxylic acids is 1. The lowest BCUT2D eigenvalue weighted by atomic mass is 10.1. The molecule has 1 saturated carbocycles. The highest BCUT2D eigenvalue weighted by atomic mass is 79.9. The number of amides is 1. The number of hydrogen-bond donors (Lipinski definition) is 0. The summed E-state index contributed by atoms with van der Waals surface area (Å²) in [5, 5.41) is 0.718. The molecule has 0 heterocycles. The number of hydrogen-bond acceptors (Lipinski definition) is 1. The zero-order chi connectivity index (χ0) is 14.8. The van der Waals surface area contributed by atoms with Gasteiger partial charge >= 0.3 is 0 Å². The van der Waals surface area contributed by atoms with Gasteiger partial charge in [0.2, 0.25) is 0 Å². The van der Waals surface area contributed by atoms with Crippen LogP contribution in [-0.4, -0.2) is 16.8 Å².